The second-order valence-electron chi connectivity index (χ2n) is 5.45. The smallest absolute Gasteiger partial charge is 0.339 e. The largest absolute Gasteiger partial charge is 0.493 e. The van der Waals surface area contributed by atoms with E-state index in [0.29, 0.717) is 36.1 Å². The Bertz CT molecular complexity index is 926. The number of thiazole rings is 1. The molecule has 0 aliphatic carbocycles. The summed E-state index contributed by atoms with van der Waals surface area (Å²) in [6.07, 6.45) is 1.63. The molecule has 0 unspecified atom stereocenters. The Morgan fingerprint density at radius 3 is 2.85 bits per heavy atom. The average Bonchev–Trinajstić information content (AvgIpc) is 3.06. The third kappa shape index (κ3) is 4.15. The number of nitrogens with one attached hydrogen (secondary N) is 1. The van der Waals surface area contributed by atoms with Crippen molar-refractivity contribution in [3.05, 3.63) is 52.1 Å². The molecule has 0 spiro atoms. The summed E-state index contributed by atoms with van der Waals surface area (Å²) in [6.45, 7) is 4.69. The highest BCUT2D eigenvalue weighted by molar-refractivity contribution is 7.09. The van der Waals surface area contributed by atoms with Gasteiger partial charge in [0.1, 0.15) is 16.3 Å². The topological polar surface area (TPSA) is 97.2 Å². The summed E-state index contributed by atoms with van der Waals surface area (Å²) in [6, 6.07) is 6.73. The monoisotopic (exact) mass is 370 g/mol. The van der Waals surface area contributed by atoms with E-state index in [2.05, 4.69) is 20.3 Å². The number of hydrogen-bond acceptors (Lipinski definition) is 7. The van der Waals surface area contributed by atoms with Crippen molar-refractivity contribution < 1.29 is 14.6 Å². The summed E-state index contributed by atoms with van der Waals surface area (Å²) < 4.78 is 5.37. The normalized spacial score (nSPS) is 10.5. The van der Waals surface area contributed by atoms with Gasteiger partial charge in [0.25, 0.3) is 0 Å². The molecule has 2 heterocycles. The SMILES string of the molecule is CCOc1ccc(-c2ccnc(NCc3nc(C)cs3)n2)cc1C(=O)O. The minimum atomic E-state index is -1.04. The highest BCUT2D eigenvalue weighted by Crippen LogP contribution is 2.26. The van der Waals surface area contributed by atoms with Crippen molar-refractivity contribution in [1.29, 1.82) is 0 Å². The Hall–Kier alpha value is -3.00. The number of rotatable bonds is 7. The van der Waals surface area contributed by atoms with Crippen molar-refractivity contribution in [2.45, 2.75) is 20.4 Å². The van der Waals surface area contributed by atoms with Crippen LogP contribution >= 0.6 is 11.3 Å². The van der Waals surface area contributed by atoms with Crippen LogP contribution < -0.4 is 10.1 Å². The maximum absolute atomic E-state index is 11.5. The molecule has 0 fully saturated rings. The lowest BCUT2D eigenvalue weighted by Crippen LogP contribution is -2.05. The quantitative estimate of drug-likeness (QED) is 0.655. The van der Waals surface area contributed by atoms with Crippen molar-refractivity contribution >= 4 is 23.3 Å². The van der Waals surface area contributed by atoms with Crippen LogP contribution in [0.15, 0.2) is 35.8 Å². The number of aryl methyl sites for hydroxylation is 1. The molecular formula is C18H18N4O3S. The molecule has 3 rings (SSSR count). The minimum Gasteiger partial charge on any atom is -0.493 e. The van der Waals surface area contributed by atoms with Crippen molar-refractivity contribution in [3.8, 4) is 17.0 Å². The molecule has 0 aliphatic rings. The summed E-state index contributed by atoms with van der Waals surface area (Å²) in [4.78, 5) is 24.5. The van der Waals surface area contributed by atoms with Gasteiger partial charge in [-0.2, -0.15) is 0 Å². The molecule has 0 bridgehead atoms. The zero-order chi connectivity index (χ0) is 18.5. The molecule has 0 amide bonds. The molecule has 0 atom stereocenters. The molecule has 0 saturated carbocycles. The standard InChI is InChI=1S/C18H18N4O3S/c1-3-25-15-5-4-12(8-13(15)17(23)24)14-6-7-19-18(22-14)20-9-16-21-11(2)10-26-16/h4-8,10H,3,9H2,1-2H3,(H,23,24)(H,19,20,22). The fourth-order valence-corrected chi connectivity index (χ4v) is 3.09. The number of anilines is 1. The van der Waals surface area contributed by atoms with Crippen LogP contribution in [0.2, 0.25) is 0 Å². The van der Waals surface area contributed by atoms with Crippen molar-refractivity contribution in [2.24, 2.45) is 0 Å². The van der Waals surface area contributed by atoms with Gasteiger partial charge < -0.3 is 15.2 Å². The van der Waals surface area contributed by atoms with Gasteiger partial charge >= 0.3 is 5.97 Å². The number of ether oxygens (including phenoxy) is 1. The molecule has 8 heteroatoms. The highest BCUT2D eigenvalue weighted by Gasteiger charge is 2.14. The van der Waals surface area contributed by atoms with E-state index in [1.165, 1.54) is 0 Å². The minimum absolute atomic E-state index is 0.107. The van der Waals surface area contributed by atoms with Crippen LogP contribution in [-0.4, -0.2) is 32.6 Å². The predicted octanol–water partition coefficient (Wildman–Crippen LogP) is 3.62. The Morgan fingerprint density at radius 1 is 1.31 bits per heavy atom. The molecule has 3 aromatic rings. The number of benzene rings is 1. The molecule has 0 aliphatic heterocycles. The van der Waals surface area contributed by atoms with E-state index in [1.807, 2.05) is 19.2 Å². The second kappa shape index (κ2) is 7.92. The number of aromatic nitrogens is 3. The summed E-state index contributed by atoms with van der Waals surface area (Å²) in [5.41, 5.74) is 2.40. The fourth-order valence-electron chi connectivity index (χ4n) is 2.38. The summed E-state index contributed by atoms with van der Waals surface area (Å²) in [5.74, 6) is -0.238. The van der Waals surface area contributed by atoms with E-state index in [9.17, 15) is 9.90 Å². The van der Waals surface area contributed by atoms with Crippen LogP contribution in [0.25, 0.3) is 11.3 Å². The van der Waals surface area contributed by atoms with Gasteiger partial charge in [0, 0.05) is 22.8 Å². The first-order valence-corrected chi connectivity index (χ1v) is 8.93. The first-order chi connectivity index (χ1) is 12.6. The molecule has 134 valence electrons. The van der Waals surface area contributed by atoms with E-state index < -0.39 is 5.97 Å². The molecule has 2 N–H and O–H groups in total. The lowest BCUT2D eigenvalue weighted by atomic mass is 10.1. The number of carboxylic acid groups (broad SMARTS) is 1. The lowest BCUT2D eigenvalue weighted by Gasteiger charge is -2.10. The van der Waals surface area contributed by atoms with E-state index in [-0.39, 0.29) is 5.56 Å². The average molecular weight is 370 g/mol. The van der Waals surface area contributed by atoms with Crippen LogP contribution in [0.5, 0.6) is 5.75 Å². The van der Waals surface area contributed by atoms with Gasteiger partial charge in [-0.15, -0.1) is 11.3 Å². The number of hydrogen-bond donors (Lipinski definition) is 2. The van der Waals surface area contributed by atoms with Crippen LogP contribution in [0, 0.1) is 6.92 Å². The summed E-state index contributed by atoms with van der Waals surface area (Å²) in [5, 5.41) is 15.5. The Morgan fingerprint density at radius 2 is 2.15 bits per heavy atom. The summed E-state index contributed by atoms with van der Waals surface area (Å²) in [7, 11) is 0. The third-order valence-electron chi connectivity index (χ3n) is 3.53. The van der Waals surface area contributed by atoms with Gasteiger partial charge in [-0.25, -0.2) is 19.7 Å². The number of aromatic carboxylic acids is 1. The van der Waals surface area contributed by atoms with Gasteiger partial charge in [-0.05, 0) is 38.1 Å². The number of nitrogens with zero attached hydrogens (tertiary/aromatic N) is 3. The van der Waals surface area contributed by atoms with Crippen molar-refractivity contribution in [2.75, 3.05) is 11.9 Å². The first kappa shape index (κ1) is 17.8. The van der Waals surface area contributed by atoms with E-state index in [1.54, 1.807) is 41.8 Å². The van der Waals surface area contributed by atoms with Crippen LogP contribution in [0.3, 0.4) is 0 Å². The fraction of sp³-hybridized carbons (Fsp3) is 0.222. The maximum atomic E-state index is 11.5. The number of carboxylic acids is 1. The Balaban J connectivity index is 1.83. The Kier molecular flexibility index (Phi) is 5.43. The van der Waals surface area contributed by atoms with Gasteiger partial charge in [0.05, 0.1) is 18.8 Å². The van der Waals surface area contributed by atoms with Crippen molar-refractivity contribution in [1.82, 2.24) is 15.0 Å². The van der Waals surface area contributed by atoms with Gasteiger partial charge in [-0.1, -0.05) is 0 Å². The highest BCUT2D eigenvalue weighted by atomic mass is 32.1. The molecule has 7 nitrogen and oxygen atoms in total. The maximum Gasteiger partial charge on any atom is 0.339 e. The van der Waals surface area contributed by atoms with E-state index >= 15 is 0 Å². The molecule has 0 radical (unpaired) electrons. The van der Waals surface area contributed by atoms with Crippen LogP contribution in [0.4, 0.5) is 5.95 Å². The van der Waals surface area contributed by atoms with Crippen LogP contribution in [0.1, 0.15) is 28.0 Å². The first-order valence-electron chi connectivity index (χ1n) is 8.05. The molecular weight excluding hydrogens is 352 g/mol. The van der Waals surface area contributed by atoms with Gasteiger partial charge in [0.2, 0.25) is 5.95 Å². The van der Waals surface area contributed by atoms with Crippen molar-refractivity contribution in [3.63, 3.8) is 0 Å². The molecule has 0 saturated heterocycles. The molecule has 1 aromatic carbocycles. The van der Waals surface area contributed by atoms with Gasteiger partial charge in [0.15, 0.2) is 0 Å². The summed E-state index contributed by atoms with van der Waals surface area (Å²) >= 11 is 1.57. The van der Waals surface area contributed by atoms with E-state index in [0.717, 1.165) is 10.7 Å². The predicted molar refractivity (Wildman–Crippen MR) is 99.8 cm³/mol. The zero-order valence-corrected chi connectivity index (χ0v) is 15.2. The lowest BCUT2D eigenvalue weighted by molar-refractivity contribution is 0.0692. The molecule has 2 aromatic heterocycles. The van der Waals surface area contributed by atoms with E-state index in [4.69, 9.17) is 4.74 Å². The van der Waals surface area contributed by atoms with Crippen LogP contribution in [-0.2, 0) is 6.54 Å². The third-order valence-corrected chi connectivity index (χ3v) is 4.49. The molecule has 26 heavy (non-hydrogen) atoms. The number of carbonyl (C=O) groups is 1. The zero-order valence-electron chi connectivity index (χ0n) is 14.4. The second-order valence-corrected chi connectivity index (χ2v) is 6.39. The Labute approximate surface area is 154 Å². The van der Waals surface area contributed by atoms with Gasteiger partial charge in [-0.3, -0.25) is 0 Å².